The van der Waals surface area contributed by atoms with Gasteiger partial charge >= 0.3 is 0 Å². The largest absolute Gasteiger partial charge is 0.329 e. The number of nitrogens with two attached hydrogens (primary N) is 1. The van der Waals surface area contributed by atoms with Crippen molar-refractivity contribution in [2.24, 2.45) is 17.6 Å². The Kier molecular flexibility index (Phi) is 6.70. The summed E-state index contributed by atoms with van der Waals surface area (Å²) in [4.78, 5) is 5.05. The summed E-state index contributed by atoms with van der Waals surface area (Å²) in [6.45, 7) is 11.2. The molecule has 1 aliphatic carbocycles. The van der Waals surface area contributed by atoms with Gasteiger partial charge in [0.1, 0.15) is 0 Å². The summed E-state index contributed by atoms with van der Waals surface area (Å²) in [5.41, 5.74) is 6.84. The molecule has 0 amide bonds. The second-order valence-electron chi connectivity index (χ2n) is 8.45. The van der Waals surface area contributed by atoms with E-state index in [4.69, 9.17) is 5.73 Å². The summed E-state index contributed by atoms with van der Waals surface area (Å²) >= 11 is 0. The minimum atomic E-state index is 0.154. The van der Waals surface area contributed by atoms with E-state index in [-0.39, 0.29) is 5.54 Å². The van der Waals surface area contributed by atoms with Crippen LogP contribution in [-0.2, 0) is 0 Å². The third-order valence-corrected chi connectivity index (χ3v) is 5.53. The lowest BCUT2D eigenvalue weighted by Crippen LogP contribution is -2.63. The number of rotatable bonds is 9. The molecule has 0 unspecified atom stereocenters. The Hall–Kier alpha value is -0.120. The van der Waals surface area contributed by atoms with Crippen molar-refractivity contribution < 1.29 is 0 Å². The molecule has 1 aliphatic rings. The quantitative estimate of drug-likeness (QED) is 0.709. The molecule has 1 fully saturated rings. The normalized spacial score (nSPS) is 18.9. The molecule has 3 nitrogen and oxygen atoms in total. The van der Waals surface area contributed by atoms with Gasteiger partial charge in [-0.05, 0) is 65.1 Å². The first-order valence-corrected chi connectivity index (χ1v) is 8.76. The zero-order valence-electron chi connectivity index (χ0n) is 15.6. The highest BCUT2D eigenvalue weighted by molar-refractivity contribution is 5.02. The van der Waals surface area contributed by atoms with Crippen molar-refractivity contribution in [1.29, 1.82) is 0 Å². The first kappa shape index (κ1) is 18.9. The van der Waals surface area contributed by atoms with E-state index < -0.39 is 0 Å². The van der Waals surface area contributed by atoms with Crippen molar-refractivity contribution in [1.82, 2.24) is 9.80 Å². The van der Waals surface area contributed by atoms with E-state index in [1.54, 1.807) is 0 Å². The zero-order chi connectivity index (χ0) is 16.3. The molecular formula is C18H39N3. The fraction of sp³-hybridized carbons (Fsp3) is 1.00. The molecule has 1 rings (SSSR count). The Morgan fingerprint density at radius 2 is 1.48 bits per heavy atom. The number of hydrogen-bond donors (Lipinski definition) is 1. The van der Waals surface area contributed by atoms with E-state index >= 15 is 0 Å². The zero-order valence-corrected chi connectivity index (χ0v) is 15.6. The second-order valence-corrected chi connectivity index (χ2v) is 8.45. The van der Waals surface area contributed by atoms with Crippen LogP contribution in [0.1, 0.15) is 59.8 Å². The molecule has 3 heteroatoms. The van der Waals surface area contributed by atoms with Crippen LogP contribution in [0.5, 0.6) is 0 Å². The van der Waals surface area contributed by atoms with Crippen molar-refractivity contribution in [2.75, 3.05) is 34.2 Å². The summed E-state index contributed by atoms with van der Waals surface area (Å²) < 4.78 is 0. The van der Waals surface area contributed by atoms with E-state index in [9.17, 15) is 0 Å². The number of nitrogens with zero attached hydrogens (tertiary/aromatic N) is 2. The van der Waals surface area contributed by atoms with Crippen LogP contribution in [-0.4, -0.2) is 55.1 Å². The molecule has 0 aliphatic heterocycles. The average Bonchev–Trinajstić information content (AvgIpc) is 2.30. The monoisotopic (exact) mass is 297 g/mol. The van der Waals surface area contributed by atoms with E-state index in [1.165, 1.54) is 32.1 Å². The van der Waals surface area contributed by atoms with Gasteiger partial charge in [0.2, 0.25) is 0 Å². The van der Waals surface area contributed by atoms with Gasteiger partial charge in [0.25, 0.3) is 0 Å². The lowest BCUT2D eigenvalue weighted by molar-refractivity contribution is -0.0200. The van der Waals surface area contributed by atoms with Crippen LogP contribution in [0.3, 0.4) is 0 Å². The summed E-state index contributed by atoms with van der Waals surface area (Å²) in [5, 5.41) is 0. The van der Waals surface area contributed by atoms with Gasteiger partial charge in [-0.3, -0.25) is 4.90 Å². The minimum absolute atomic E-state index is 0.154. The molecule has 2 N–H and O–H groups in total. The first-order valence-electron chi connectivity index (χ1n) is 8.76. The Bertz CT molecular complexity index is 296. The smallest absolute Gasteiger partial charge is 0.0334 e. The summed E-state index contributed by atoms with van der Waals surface area (Å²) in [6, 6.07) is 0. The Balaban J connectivity index is 2.90. The lowest BCUT2D eigenvalue weighted by atomic mass is 9.73. The molecule has 0 aromatic carbocycles. The molecule has 0 aromatic rings. The minimum Gasteiger partial charge on any atom is -0.329 e. The maximum atomic E-state index is 6.30. The van der Waals surface area contributed by atoms with Gasteiger partial charge in [-0.2, -0.15) is 0 Å². The fourth-order valence-electron chi connectivity index (χ4n) is 4.18. The molecular weight excluding hydrogens is 258 g/mol. The Morgan fingerprint density at radius 1 is 1.00 bits per heavy atom. The predicted molar refractivity (Wildman–Crippen MR) is 93.6 cm³/mol. The van der Waals surface area contributed by atoms with Crippen LogP contribution >= 0.6 is 0 Å². The van der Waals surface area contributed by atoms with Crippen molar-refractivity contribution in [3.63, 3.8) is 0 Å². The van der Waals surface area contributed by atoms with Crippen LogP contribution in [0.2, 0.25) is 0 Å². The van der Waals surface area contributed by atoms with E-state index in [2.05, 4.69) is 58.6 Å². The summed E-state index contributed by atoms with van der Waals surface area (Å²) in [5.74, 6) is 1.37. The third kappa shape index (κ3) is 4.43. The average molecular weight is 298 g/mol. The highest BCUT2D eigenvalue weighted by atomic mass is 15.3. The maximum absolute atomic E-state index is 6.30. The summed E-state index contributed by atoms with van der Waals surface area (Å²) in [6.07, 6.45) is 6.42. The molecule has 0 atom stereocenters. The first-order chi connectivity index (χ1) is 9.67. The third-order valence-electron chi connectivity index (χ3n) is 5.53. The highest BCUT2D eigenvalue weighted by Crippen LogP contribution is 2.39. The van der Waals surface area contributed by atoms with Crippen molar-refractivity contribution >= 4 is 0 Å². The van der Waals surface area contributed by atoms with E-state index in [0.717, 1.165) is 13.1 Å². The van der Waals surface area contributed by atoms with E-state index in [1.807, 2.05) is 0 Å². The summed E-state index contributed by atoms with van der Waals surface area (Å²) in [7, 11) is 6.78. The molecule has 21 heavy (non-hydrogen) atoms. The standard InChI is InChI=1S/C18H39N3/c1-15(2)11-18(13-19,12-16(3)4)21(7)14-17(20(5)6)9-8-10-17/h15-16H,8-14,19H2,1-7H3. The van der Waals surface area contributed by atoms with Crippen LogP contribution in [0, 0.1) is 11.8 Å². The maximum Gasteiger partial charge on any atom is 0.0334 e. The van der Waals surface area contributed by atoms with Gasteiger partial charge in [-0.15, -0.1) is 0 Å². The molecule has 0 saturated heterocycles. The Labute approximate surface area is 133 Å². The van der Waals surface area contributed by atoms with Gasteiger partial charge in [0, 0.05) is 24.2 Å². The molecule has 0 aromatic heterocycles. The van der Waals surface area contributed by atoms with Crippen LogP contribution in [0.4, 0.5) is 0 Å². The van der Waals surface area contributed by atoms with Gasteiger partial charge in [-0.1, -0.05) is 27.7 Å². The fourth-order valence-corrected chi connectivity index (χ4v) is 4.18. The van der Waals surface area contributed by atoms with Gasteiger partial charge < -0.3 is 10.6 Å². The van der Waals surface area contributed by atoms with Crippen LogP contribution in [0.25, 0.3) is 0 Å². The molecule has 0 bridgehead atoms. The SMILES string of the molecule is CC(C)CC(CN)(CC(C)C)N(C)CC1(N(C)C)CCC1. The van der Waals surface area contributed by atoms with E-state index in [0.29, 0.717) is 17.4 Å². The second kappa shape index (κ2) is 7.43. The predicted octanol–water partition coefficient (Wildman–Crippen LogP) is 3.19. The van der Waals surface area contributed by atoms with Gasteiger partial charge in [0.15, 0.2) is 0 Å². The van der Waals surface area contributed by atoms with Crippen molar-refractivity contribution in [2.45, 2.75) is 70.9 Å². The lowest BCUT2D eigenvalue weighted by Gasteiger charge is -2.54. The van der Waals surface area contributed by atoms with Crippen molar-refractivity contribution in [3.8, 4) is 0 Å². The number of hydrogen-bond acceptors (Lipinski definition) is 3. The topological polar surface area (TPSA) is 32.5 Å². The van der Waals surface area contributed by atoms with Crippen LogP contribution < -0.4 is 5.73 Å². The van der Waals surface area contributed by atoms with Gasteiger partial charge in [0.05, 0.1) is 0 Å². The molecule has 1 saturated carbocycles. The highest BCUT2D eigenvalue weighted by Gasteiger charge is 2.44. The molecule has 0 radical (unpaired) electrons. The Morgan fingerprint density at radius 3 is 1.71 bits per heavy atom. The molecule has 0 spiro atoms. The number of likely N-dealkylation sites (N-methyl/N-ethyl adjacent to an activating group) is 2. The van der Waals surface area contributed by atoms with Crippen molar-refractivity contribution in [3.05, 3.63) is 0 Å². The van der Waals surface area contributed by atoms with Crippen LogP contribution in [0.15, 0.2) is 0 Å². The van der Waals surface area contributed by atoms with Gasteiger partial charge in [-0.25, -0.2) is 0 Å². The molecule has 0 heterocycles. The molecule has 126 valence electrons.